The van der Waals surface area contributed by atoms with Gasteiger partial charge in [-0.15, -0.1) is 0 Å². The zero-order valence-electron chi connectivity index (χ0n) is 6.79. The first kappa shape index (κ1) is 8.14. The van der Waals surface area contributed by atoms with E-state index in [1.165, 1.54) is 0 Å². The maximum atomic E-state index is 8.83. The fourth-order valence-corrected chi connectivity index (χ4v) is 1.03. The Morgan fingerprint density at radius 1 is 1.36 bits per heavy atom. The third-order valence-corrected chi connectivity index (χ3v) is 1.53. The van der Waals surface area contributed by atoms with Crippen LogP contribution in [0.2, 0.25) is 0 Å². The second-order valence-electron chi connectivity index (χ2n) is 2.52. The highest BCUT2D eigenvalue weighted by Gasteiger charge is 1.97. The molecule has 0 aliphatic rings. The van der Waals surface area contributed by atoms with E-state index >= 15 is 0 Å². The maximum Gasteiger partial charge on any atom is 0.304 e. The lowest BCUT2D eigenvalue weighted by molar-refractivity contribution is 0.415. The van der Waals surface area contributed by atoms with Gasteiger partial charge in [-0.3, -0.25) is 0 Å². The molecule has 0 atom stereocenters. The van der Waals surface area contributed by atoms with Crippen molar-refractivity contribution in [2.45, 2.75) is 6.92 Å². The average Bonchev–Trinajstić information content (AvgIpc) is 2.03. The third-order valence-electron chi connectivity index (χ3n) is 1.53. The van der Waals surface area contributed by atoms with Gasteiger partial charge in [-0.1, -0.05) is 6.07 Å². The highest BCUT2D eigenvalue weighted by atomic mass is 16.5. The second-order valence-corrected chi connectivity index (χ2v) is 2.52. The van der Waals surface area contributed by atoms with Crippen LogP contribution in [0.5, 0.6) is 5.75 Å². The number of hydrogen-bond donors (Lipinski definition) is 1. The summed E-state index contributed by atoms with van der Waals surface area (Å²) in [6, 6.07) is 5.69. The number of benzene rings is 1. The van der Waals surface area contributed by atoms with E-state index in [-0.39, 0.29) is 7.48 Å². The van der Waals surface area contributed by atoms with Gasteiger partial charge in [-0.25, -0.2) is 0 Å². The van der Waals surface area contributed by atoms with Crippen molar-refractivity contribution >= 4 is 12.9 Å². The molecule has 0 bridgehead atoms. The maximum absolute atomic E-state index is 8.83. The first-order chi connectivity index (χ1) is 5.26. The number of hydrogen-bond acceptors (Lipinski definition) is 2. The van der Waals surface area contributed by atoms with Crippen molar-refractivity contribution in [2.75, 3.05) is 7.11 Å². The van der Waals surface area contributed by atoms with Crippen molar-refractivity contribution in [3.05, 3.63) is 23.8 Å². The minimum absolute atomic E-state index is 0.0675. The molecule has 0 aliphatic carbocycles. The van der Waals surface area contributed by atoms with E-state index in [9.17, 15) is 0 Å². The van der Waals surface area contributed by atoms with Gasteiger partial charge in [0.15, 0.2) is 0 Å². The van der Waals surface area contributed by atoms with Gasteiger partial charge in [0.2, 0.25) is 0 Å². The van der Waals surface area contributed by atoms with Crippen LogP contribution >= 0.6 is 0 Å². The Morgan fingerprint density at radius 3 is 2.64 bits per heavy atom. The van der Waals surface area contributed by atoms with Gasteiger partial charge < -0.3 is 9.76 Å². The van der Waals surface area contributed by atoms with E-state index in [1.54, 1.807) is 7.11 Å². The number of rotatable bonds is 2. The van der Waals surface area contributed by atoms with Crippen LogP contribution in [0.15, 0.2) is 18.2 Å². The summed E-state index contributed by atoms with van der Waals surface area (Å²) in [5.41, 5.74) is 2.00. The van der Waals surface area contributed by atoms with E-state index < -0.39 is 0 Å². The SMILES string of the molecule is COc1cc(C)cc(BO)c1. The van der Waals surface area contributed by atoms with Gasteiger partial charge in [0.05, 0.1) is 7.11 Å². The molecule has 3 heteroatoms. The van der Waals surface area contributed by atoms with Crippen LogP contribution in [0.4, 0.5) is 0 Å². The summed E-state index contributed by atoms with van der Waals surface area (Å²) in [5, 5.41) is 8.83. The molecular formula is C8H11BO2. The molecule has 0 saturated carbocycles. The minimum Gasteiger partial charge on any atom is -0.497 e. The number of ether oxygens (including phenoxy) is 1. The molecule has 0 radical (unpaired) electrons. The minimum atomic E-state index is 0.0675. The molecule has 58 valence electrons. The second kappa shape index (κ2) is 3.44. The van der Waals surface area contributed by atoms with Gasteiger partial charge in [0.1, 0.15) is 5.75 Å². The molecule has 1 N–H and O–H groups in total. The molecule has 0 aliphatic heterocycles. The van der Waals surface area contributed by atoms with Gasteiger partial charge in [-0.05, 0) is 30.1 Å². The molecule has 0 amide bonds. The summed E-state index contributed by atoms with van der Waals surface area (Å²) < 4.78 is 5.03. The van der Waals surface area contributed by atoms with Crippen LogP contribution in [0.3, 0.4) is 0 Å². The Balaban J connectivity index is 3.02. The van der Waals surface area contributed by atoms with Crippen LogP contribution in [-0.2, 0) is 0 Å². The molecule has 11 heavy (non-hydrogen) atoms. The van der Waals surface area contributed by atoms with Crippen LogP contribution < -0.4 is 10.2 Å². The molecule has 0 saturated heterocycles. The molecule has 0 fully saturated rings. The first-order valence-electron chi connectivity index (χ1n) is 3.51. The molecule has 0 spiro atoms. The van der Waals surface area contributed by atoms with Gasteiger partial charge >= 0.3 is 7.48 Å². The number of methoxy groups -OCH3 is 1. The summed E-state index contributed by atoms with van der Waals surface area (Å²) in [6.07, 6.45) is 0. The van der Waals surface area contributed by atoms with E-state index in [4.69, 9.17) is 9.76 Å². The van der Waals surface area contributed by atoms with Crippen LogP contribution in [0.1, 0.15) is 5.56 Å². The van der Waals surface area contributed by atoms with E-state index in [1.807, 2.05) is 25.1 Å². The molecular weight excluding hydrogens is 139 g/mol. The van der Waals surface area contributed by atoms with Crippen molar-refractivity contribution in [3.63, 3.8) is 0 Å². The summed E-state index contributed by atoms with van der Waals surface area (Å²) >= 11 is 0. The Morgan fingerprint density at radius 2 is 2.09 bits per heavy atom. The summed E-state index contributed by atoms with van der Waals surface area (Å²) in [5.74, 6) is 0.800. The fourth-order valence-electron chi connectivity index (χ4n) is 1.03. The van der Waals surface area contributed by atoms with Crippen LogP contribution in [0.25, 0.3) is 0 Å². The lowest BCUT2D eigenvalue weighted by Crippen LogP contribution is -2.13. The molecule has 0 aromatic heterocycles. The van der Waals surface area contributed by atoms with Crippen LogP contribution in [-0.4, -0.2) is 19.6 Å². The molecule has 0 heterocycles. The molecule has 2 nitrogen and oxygen atoms in total. The molecule has 1 aromatic carbocycles. The van der Waals surface area contributed by atoms with E-state index in [2.05, 4.69) is 0 Å². The summed E-state index contributed by atoms with van der Waals surface area (Å²) in [7, 11) is 1.69. The standard InChI is InChI=1S/C8H11BO2/c1-6-3-7(9-10)5-8(4-6)11-2/h3-5,9-10H,1-2H3. The quantitative estimate of drug-likeness (QED) is 0.600. The van der Waals surface area contributed by atoms with E-state index in [0.717, 1.165) is 16.8 Å². The van der Waals surface area contributed by atoms with Gasteiger partial charge in [0.25, 0.3) is 0 Å². The fraction of sp³-hybridized carbons (Fsp3) is 0.250. The molecule has 1 rings (SSSR count). The van der Waals surface area contributed by atoms with Crippen molar-refractivity contribution < 1.29 is 9.76 Å². The molecule has 0 unspecified atom stereocenters. The summed E-state index contributed by atoms with van der Waals surface area (Å²) in [6.45, 7) is 1.97. The Bertz CT molecular complexity index is 226. The zero-order valence-corrected chi connectivity index (χ0v) is 6.79. The predicted molar refractivity (Wildman–Crippen MR) is 46.7 cm³/mol. The Kier molecular flexibility index (Phi) is 2.55. The Hall–Kier alpha value is -0.955. The zero-order chi connectivity index (χ0) is 8.27. The highest BCUT2D eigenvalue weighted by Crippen LogP contribution is 2.09. The normalized spacial score (nSPS) is 9.36. The van der Waals surface area contributed by atoms with Crippen molar-refractivity contribution in [1.29, 1.82) is 0 Å². The lowest BCUT2D eigenvalue weighted by atomic mass is 9.87. The predicted octanol–water partition coefficient (Wildman–Crippen LogP) is -0.0273. The third kappa shape index (κ3) is 1.98. The summed E-state index contributed by atoms with van der Waals surface area (Å²) in [4.78, 5) is 0. The van der Waals surface area contributed by atoms with Crippen molar-refractivity contribution in [3.8, 4) is 5.75 Å². The Labute approximate surface area is 67.1 Å². The number of aryl methyl sites for hydroxylation is 1. The lowest BCUT2D eigenvalue weighted by Gasteiger charge is -2.02. The monoisotopic (exact) mass is 150 g/mol. The smallest absolute Gasteiger partial charge is 0.304 e. The molecule has 1 aromatic rings. The van der Waals surface area contributed by atoms with Crippen molar-refractivity contribution in [1.82, 2.24) is 0 Å². The van der Waals surface area contributed by atoms with Gasteiger partial charge in [0, 0.05) is 0 Å². The highest BCUT2D eigenvalue weighted by molar-refractivity contribution is 6.45. The average molecular weight is 150 g/mol. The first-order valence-corrected chi connectivity index (χ1v) is 3.51. The van der Waals surface area contributed by atoms with Gasteiger partial charge in [-0.2, -0.15) is 0 Å². The topological polar surface area (TPSA) is 29.5 Å². The largest absolute Gasteiger partial charge is 0.497 e. The van der Waals surface area contributed by atoms with Crippen LogP contribution in [0, 0.1) is 6.92 Å². The van der Waals surface area contributed by atoms with Crippen molar-refractivity contribution in [2.24, 2.45) is 0 Å². The van der Waals surface area contributed by atoms with E-state index in [0.29, 0.717) is 0 Å².